The first-order valence-electron chi connectivity index (χ1n) is 20.2. The zero-order valence-electron chi connectivity index (χ0n) is 35.2. The van der Waals surface area contributed by atoms with Gasteiger partial charge in [0.05, 0.1) is 55.4 Å². The number of hydrogen-bond donors (Lipinski definition) is 2. The Hall–Kier alpha value is -6.54. The number of rotatable bonds is 13. The molecule has 1 fully saturated rings. The topological polar surface area (TPSA) is 193 Å². The summed E-state index contributed by atoms with van der Waals surface area (Å²) in [5, 5.41) is 8.83. The Bertz CT molecular complexity index is 3580. The zero-order valence-corrected chi connectivity index (χ0v) is 37.6. The number of aromatic nitrogens is 7. The van der Waals surface area contributed by atoms with E-state index in [4.69, 9.17) is 11.6 Å². The number of benzene rings is 3. The summed E-state index contributed by atoms with van der Waals surface area (Å²) in [4.78, 5) is 38.0. The average Bonchev–Trinajstić information content (AvgIpc) is 3.76. The van der Waals surface area contributed by atoms with Crippen molar-refractivity contribution in [2.75, 3.05) is 17.2 Å². The third-order valence-electron chi connectivity index (χ3n) is 11.5. The molecule has 1 saturated carbocycles. The molecule has 0 saturated heterocycles. The summed E-state index contributed by atoms with van der Waals surface area (Å²) in [6.07, 6.45) is -6.34. The number of anilines is 1. The van der Waals surface area contributed by atoms with Gasteiger partial charge < -0.3 is 5.32 Å². The van der Waals surface area contributed by atoms with Crippen LogP contribution in [0.1, 0.15) is 53.1 Å². The number of fused-ring (bicyclic) bond motifs is 5. The highest BCUT2D eigenvalue weighted by molar-refractivity contribution is 7.92. The van der Waals surface area contributed by atoms with Gasteiger partial charge in [-0.15, -0.1) is 0 Å². The third-order valence-corrected chi connectivity index (χ3v) is 13.5. The van der Waals surface area contributed by atoms with E-state index in [1.54, 1.807) is 0 Å². The summed E-state index contributed by atoms with van der Waals surface area (Å²) in [6, 6.07) is 8.68. The minimum atomic E-state index is -5.06. The van der Waals surface area contributed by atoms with Gasteiger partial charge in [0.15, 0.2) is 15.7 Å². The fourth-order valence-corrected chi connectivity index (χ4v) is 10.4. The maximum Gasteiger partial charge on any atom is 0.408 e. The van der Waals surface area contributed by atoms with Crippen LogP contribution in [0.25, 0.3) is 38.8 Å². The van der Waals surface area contributed by atoms with Crippen molar-refractivity contribution in [3.8, 4) is 16.9 Å². The lowest BCUT2D eigenvalue weighted by atomic mass is 10.0. The second kappa shape index (κ2) is 16.6. The van der Waals surface area contributed by atoms with E-state index in [0.717, 1.165) is 30.5 Å². The van der Waals surface area contributed by atoms with Crippen LogP contribution in [0.5, 0.6) is 0 Å². The van der Waals surface area contributed by atoms with Crippen LogP contribution in [0.15, 0.2) is 76.6 Å². The quantitative estimate of drug-likeness (QED) is 0.109. The summed E-state index contributed by atoms with van der Waals surface area (Å²) in [5.74, 6) is -10.8. The minimum absolute atomic E-state index is 0.0573. The molecule has 2 aliphatic rings. The van der Waals surface area contributed by atoms with E-state index in [0.29, 0.717) is 26.3 Å². The molecular formula is C42H31ClF9N9O6S2. The predicted octanol–water partition coefficient (Wildman–Crippen LogP) is 7.51. The summed E-state index contributed by atoms with van der Waals surface area (Å²) >= 11 is 6.51. The molecule has 2 aliphatic carbocycles. The Kier molecular flexibility index (Phi) is 11.4. The number of pyridine rings is 1. The van der Waals surface area contributed by atoms with E-state index in [1.807, 2.05) is 4.72 Å². The predicted molar refractivity (Wildman–Crippen MR) is 229 cm³/mol. The maximum atomic E-state index is 15.6. The number of carbonyl (C=O) groups is 1. The second-order valence-electron chi connectivity index (χ2n) is 16.5. The molecule has 1 amide bonds. The van der Waals surface area contributed by atoms with Crippen molar-refractivity contribution >= 4 is 65.0 Å². The molecule has 0 spiro atoms. The van der Waals surface area contributed by atoms with Crippen LogP contribution in [-0.4, -0.2) is 75.5 Å². The highest BCUT2D eigenvalue weighted by atomic mass is 35.5. The van der Waals surface area contributed by atoms with Gasteiger partial charge in [0.2, 0.25) is 15.9 Å². The Balaban J connectivity index is 1.31. The molecule has 7 aromatic rings. The van der Waals surface area contributed by atoms with Crippen LogP contribution in [0.2, 0.25) is 5.02 Å². The van der Waals surface area contributed by atoms with E-state index in [-0.39, 0.29) is 44.1 Å². The molecule has 362 valence electrons. The minimum Gasteiger partial charge on any atom is -0.344 e. The van der Waals surface area contributed by atoms with Crippen molar-refractivity contribution in [3.63, 3.8) is 0 Å². The van der Waals surface area contributed by atoms with Crippen molar-refractivity contribution < 1.29 is 61.1 Å². The van der Waals surface area contributed by atoms with E-state index >= 15 is 13.6 Å². The largest absolute Gasteiger partial charge is 0.408 e. The number of nitrogens with one attached hydrogen (secondary N) is 2. The van der Waals surface area contributed by atoms with Crippen molar-refractivity contribution in [1.82, 2.24) is 39.4 Å². The lowest BCUT2D eigenvalue weighted by Crippen LogP contribution is -2.38. The van der Waals surface area contributed by atoms with Crippen LogP contribution >= 0.6 is 11.6 Å². The number of alkyl halides is 7. The number of hydrogen-bond acceptors (Lipinski definition) is 10. The summed E-state index contributed by atoms with van der Waals surface area (Å²) in [7, 11) is -8.23. The lowest BCUT2D eigenvalue weighted by molar-refractivity contribution is -0.141. The van der Waals surface area contributed by atoms with Crippen LogP contribution in [0.4, 0.5) is 45.3 Å². The Morgan fingerprint density at radius 2 is 1.68 bits per heavy atom. The first kappa shape index (κ1) is 47.5. The third kappa shape index (κ3) is 8.88. The summed E-state index contributed by atoms with van der Waals surface area (Å²) < 4.78 is 186. The van der Waals surface area contributed by atoms with Crippen molar-refractivity contribution in [2.45, 2.75) is 61.3 Å². The molecule has 0 bridgehead atoms. The molecule has 69 heavy (non-hydrogen) atoms. The van der Waals surface area contributed by atoms with Crippen LogP contribution in [-0.2, 0) is 50.1 Å². The number of halogens is 10. The molecule has 0 radical (unpaired) electrons. The van der Waals surface area contributed by atoms with Crippen molar-refractivity contribution in [1.29, 1.82) is 0 Å². The molecule has 9 rings (SSSR count). The number of sulfonamides is 1. The standard InChI is InChI=1S/C42H31ClF9N9O6S2/c1-68(64,65)29-4-3-9-53-33(29)19-5-6-22-26(13-19)55-39(61(40(22)63)28-8-7-25(43)32-35(28)60(17-41(48,49)50)57-38(32)58-69(2,66)67)27(12-18-10-20(44)14-21(45)11-18)54-30(62)16-59-36-31(34(56-59)37(46)47)23-15-24(23)42(36,51)52/h3-11,13-14,23-24,27,37H,12,15-17H2,1-2H3,(H,54,62)(H,57,58)/t23-,24+,27-/m0/s1. The number of sulfone groups is 1. The van der Waals surface area contributed by atoms with E-state index in [1.165, 1.54) is 36.5 Å². The molecule has 4 heterocycles. The van der Waals surface area contributed by atoms with Gasteiger partial charge in [-0.25, -0.2) is 39.4 Å². The van der Waals surface area contributed by atoms with Gasteiger partial charge in [-0.05, 0) is 66.4 Å². The maximum absolute atomic E-state index is 15.6. The molecule has 0 unspecified atom stereocenters. The number of nitrogens with zero attached hydrogens (tertiary/aromatic N) is 7. The highest BCUT2D eigenvalue weighted by Crippen LogP contribution is 2.68. The molecule has 27 heteroatoms. The van der Waals surface area contributed by atoms with Gasteiger partial charge >= 0.3 is 6.18 Å². The lowest BCUT2D eigenvalue weighted by Gasteiger charge is -2.24. The van der Waals surface area contributed by atoms with Gasteiger partial charge in [-0.1, -0.05) is 17.7 Å². The van der Waals surface area contributed by atoms with Gasteiger partial charge in [0.1, 0.15) is 41.9 Å². The second-order valence-corrected chi connectivity index (χ2v) is 20.7. The van der Waals surface area contributed by atoms with E-state index in [2.05, 4.69) is 25.5 Å². The molecule has 3 aromatic carbocycles. The van der Waals surface area contributed by atoms with Crippen molar-refractivity contribution in [3.05, 3.63) is 122 Å². The average molecular weight is 1030 g/mol. The molecule has 15 nitrogen and oxygen atoms in total. The Morgan fingerprint density at radius 1 is 0.971 bits per heavy atom. The zero-order chi connectivity index (χ0) is 49.9. The smallest absolute Gasteiger partial charge is 0.344 e. The fourth-order valence-electron chi connectivity index (χ4n) is 8.82. The number of carbonyl (C=O) groups excluding carboxylic acids is 1. The van der Waals surface area contributed by atoms with Crippen LogP contribution < -0.4 is 15.6 Å². The summed E-state index contributed by atoms with van der Waals surface area (Å²) in [6.45, 7) is -3.08. The van der Waals surface area contributed by atoms with Crippen LogP contribution in [0, 0.1) is 17.6 Å². The van der Waals surface area contributed by atoms with E-state index in [9.17, 15) is 52.4 Å². The van der Waals surface area contributed by atoms with Crippen molar-refractivity contribution in [2.24, 2.45) is 5.92 Å². The highest BCUT2D eigenvalue weighted by Gasteiger charge is 2.67. The Morgan fingerprint density at radius 3 is 2.33 bits per heavy atom. The molecule has 3 atom stereocenters. The fraction of sp³-hybridized carbons (Fsp3) is 0.286. The van der Waals surface area contributed by atoms with E-state index < -0.39 is 144 Å². The summed E-state index contributed by atoms with van der Waals surface area (Å²) in [5.41, 5.74) is -5.16. The molecule has 0 aliphatic heterocycles. The van der Waals surface area contributed by atoms with Crippen LogP contribution in [0.3, 0.4) is 0 Å². The molecular weight excluding hydrogens is 997 g/mol. The van der Waals surface area contributed by atoms with Gasteiger partial charge in [0.25, 0.3) is 17.9 Å². The number of amides is 1. The SMILES string of the molecule is CS(=O)(=O)Nc1nn(CC(F)(F)F)c2c(-n3c([C@H](Cc4cc(F)cc(F)c4)NC(=O)Cn4nc(C(F)F)c5c4C(F)(F)[C@@H]4C[C@H]54)nc4cc(-c5ncccc5S(C)(=O)=O)ccc4c3=O)ccc(Cl)c12. The molecule has 2 N–H and O–H groups in total. The Labute approximate surface area is 387 Å². The normalized spacial score (nSPS) is 17.1. The van der Waals surface area contributed by atoms with Gasteiger partial charge in [-0.2, -0.15) is 32.1 Å². The van der Waals surface area contributed by atoms with Gasteiger partial charge in [0, 0.05) is 42.0 Å². The molecule has 4 aromatic heterocycles. The van der Waals surface area contributed by atoms with Gasteiger partial charge in [-0.3, -0.25) is 33.2 Å². The first-order chi connectivity index (χ1) is 32.2. The monoisotopic (exact) mass is 1030 g/mol. The first-order valence-corrected chi connectivity index (χ1v) is 24.3.